The molecule has 0 radical (unpaired) electrons. The highest BCUT2D eigenvalue weighted by Gasteiger charge is 2.14. The van der Waals surface area contributed by atoms with Gasteiger partial charge in [-0.05, 0) is 13.8 Å². The van der Waals surface area contributed by atoms with Gasteiger partial charge in [0.25, 0.3) is 5.91 Å². The van der Waals surface area contributed by atoms with Crippen molar-refractivity contribution >= 4 is 11.9 Å². The third-order valence-electron chi connectivity index (χ3n) is 2.90. The van der Waals surface area contributed by atoms with Crippen LogP contribution in [0.3, 0.4) is 0 Å². The fraction of sp³-hybridized carbons (Fsp3) is 0.500. The first kappa shape index (κ1) is 15.9. The molecule has 0 atom stereocenters. The molecule has 0 saturated heterocycles. The van der Waals surface area contributed by atoms with Crippen LogP contribution >= 0.6 is 0 Å². The Labute approximate surface area is 129 Å². The van der Waals surface area contributed by atoms with E-state index in [1.54, 1.807) is 18.9 Å². The Morgan fingerprint density at radius 3 is 2.59 bits per heavy atom. The van der Waals surface area contributed by atoms with Gasteiger partial charge < -0.3 is 14.7 Å². The summed E-state index contributed by atoms with van der Waals surface area (Å²) < 4.78 is 4.90. The summed E-state index contributed by atoms with van der Waals surface area (Å²) >= 11 is 0. The molecule has 0 fully saturated rings. The van der Waals surface area contributed by atoms with Gasteiger partial charge in [-0.1, -0.05) is 5.16 Å². The molecule has 2 aromatic rings. The van der Waals surface area contributed by atoms with Gasteiger partial charge in [-0.15, -0.1) is 0 Å². The van der Waals surface area contributed by atoms with Crippen LogP contribution in [0.15, 0.2) is 16.9 Å². The SMILES string of the molecule is Cc1nc(CCN(C)C(=O)c2cnc(NC(C)C)nc2)no1. The van der Waals surface area contributed by atoms with Gasteiger partial charge in [-0.25, -0.2) is 9.97 Å². The predicted molar refractivity (Wildman–Crippen MR) is 80.5 cm³/mol. The van der Waals surface area contributed by atoms with E-state index in [0.29, 0.717) is 36.2 Å². The summed E-state index contributed by atoms with van der Waals surface area (Å²) in [6.45, 7) is 6.21. The number of amides is 1. The van der Waals surface area contributed by atoms with Gasteiger partial charge >= 0.3 is 0 Å². The number of carbonyl (C=O) groups is 1. The zero-order valence-electron chi connectivity index (χ0n) is 13.2. The Bertz CT molecular complexity index is 623. The van der Waals surface area contributed by atoms with Crippen LogP contribution in [0.5, 0.6) is 0 Å². The number of hydrogen-bond acceptors (Lipinski definition) is 7. The summed E-state index contributed by atoms with van der Waals surface area (Å²) in [7, 11) is 1.72. The smallest absolute Gasteiger partial charge is 0.256 e. The number of anilines is 1. The number of nitrogens with zero attached hydrogens (tertiary/aromatic N) is 5. The Morgan fingerprint density at radius 1 is 1.36 bits per heavy atom. The normalized spacial score (nSPS) is 10.8. The minimum atomic E-state index is -0.142. The topological polar surface area (TPSA) is 97.0 Å². The maximum absolute atomic E-state index is 12.3. The van der Waals surface area contributed by atoms with E-state index in [2.05, 4.69) is 25.4 Å². The average molecular weight is 304 g/mol. The summed E-state index contributed by atoms with van der Waals surface area (Å²) in [5.74, 6) is 1.48. The van der Waals surface area contributed by atoms with E-state index in [1.807, 2.05) is 13.8 Å². The number of rotatable bonds is 6. The molecule has 8 heteroatoms. The molecule has 1 N–H and O–H groups in total. The maximum atomic E-state index is 12.3. The Morgan fingerprint density at radius 2 is 2.05 bits per heavy atom. The second-order valence-electron chi connectivity index (χ2n) is 5.30. The minimum absolute atomic E-state index is 0.142. The van der Waals surface area contributed by atoms with Crippen LogP contribution < -0.4 is 5.32 Å². The van der Waals surface area contributed by atoms with Crippen LogP contribution in [0.1, 0.15) is 35.9 Å². The Balaban J connectivity index is 1.92. The van der Waals surface area contributed by atoms with Crippen molar-refractivity contribution in [1.82, 2.24) is 25.0 Å². The lowest BCUT2D eigenvalue weighted by molar-refractivity contribution is 0.0795. The van der Waals surface area contributed by atoms with Crippen molar-refractivity contribution in [1.29, 1.82) is 0 Å². The molecule has 0 bridgehead atoms. The zero-order valence-corrected chi connectivity index (χ0v) is 13.2. The molecule has 2 aromatic heterocycles. The van der Waals surface area contributed by atoms with Crippen LogP contribution in [-0.2, 0) is 6.42 Å². The summed E-state index contributed by atoms with van der Waals surface area (Å²) in [5.41, 5.74) is 0.445. The quantitative estimate of drug-likeness (QED) is 0.859. The zero-order chi connectivity index (χ0) is 16.1. The number of nitrogens with one attached hydrogen (secondary N) is 1. The predicted octanol–water partition coefficient (Wildman–Crippen LogP) is 1.30. The first-order chi connectivity index (χ1) is 10.5. The van der Waals surface area contributed by atoms with Crippen molar-refractivity contribution in [3.05, 3.63) is 29.7 Å². The average Bonchev–Trinajstić information content (AvgIpc) is 2.90. The first-order valence-electron chi connectivity index (χ1n) is 7.09. The molecule has 2 heterocycles. The molecule has 0 aliphatic rings. The van der Waals surface area contributed by atoms with E-state index in [0.717, 1.165) is 0 Å². The lowest BCUT2D eigenvalue weighted by atomic mass is 10.3. The van der Waals surface area contributed by atoms with Crippen LogP contribution in [0, 0.1) is 6.92 Å². The summed E-state index contributed by atoms with van der Waals surface area (Å²) in [6.07, 6.45) is 3.58. The number of likely N-dealkylation sites (N-methyl/N-ethyl adjacent to an activating group) is 1. The van der Waals surface area contributed by atoms with Gasteiger partial charge in [-0.3, -0.25) is 4.79 Å². The molecule has 22 heavy (non-hydrogen) atoms. The number of aryl methyl sites for hydroxylation is 1. The monoisotopic (exact) mass is 304 g/mol. The highest BCUT2D eigenvalue weighted by atomic mass is 16.5. The first-order valence-corrected chi connectivity index (χ1v) is 7.09. The van der Waals surface area contributed by atoms with Crippen LogP contribution in [0.2, 0.25) is 0 Å². The van der Waals surface area contributed by atoms with E-state index < -0.39 is 0 Å². The molecule has 0 spiro atoms. The van der Waals surface area contributed by atoms with Crippen molar-refractivity contribution in [2.75, 3.05) is 18.9 Å². The molecule has 2 rings (SSSR count). The standard InChI is InChI=1S/C14H20N6O2/c1-9(2)17-14-15-7-11(8-16-14)13(21)20(4)6-5-12-18-10(3)22-19-12/h7-9H,5-6H2,1-4H3,(H,15,16,17). The Kier molecular flexibility index (Phi) is 5.03. The number of carbonyl (C=O) groups excluding carboxylic acids is 1. The largest absolute Gasteiger partial charge is 0.352 e. The molecular weight excluding hydrogens is 284 g/mol. The van der Waals surface area contributed by atoms with Gasteiger partial charge in [0.1, 0.15) is 0 Å². The van der Waals surface area contributed by atoms with Crippen molar-refractivity contribution < 1.29 is 9.32 Å². The molecule has 0 aromatic carbocycles. The van der Waals surface area contributed by atoms with E-state index in [4.69, 9.17) is 4.52 Å². The third kappa shape index (κ3) is 4.24. The molecule has 0 aliphatic carbocycles. The van der Waals surface area contributed by atoms with Crippen LogP contribution in [0.4, 0.5) is 5.95 Å². The van der Waals surface area contributed by atoms with Crippen molar-refractivity contribution in [3.63, 3.8) is 0 Å². The minimum Gasteiger partial charge on any atom is -0.352 e. The van der Waals surface area contributed by atoms with E-state index >= 15 is 0 Å². The van der Waals surface area contributed by atoms with Gasteiger partial charge in [0.05, 0.1) is 5.56 Å². The summed E-state index contributed by atoms with van der Waals surface area (Å²) in [6, 6.07) is 0.239. The summed E-state index contributed by atoms with van der Waals surface area (Å²) in [5, 5.41) is 6.88. The number of hydrogen-bond donors (Lipinski definition) is 1. The molecule has 118 valence electrons. The molecule has 1 amide bonds. The molecular formula is C14H20N6O2. The maximum Gasteiger partial charge on any atom is 0.256 e. The molecule has 0 aliphatic heterocycles. The van der Waals surface area contributed by atoms with Crippen molar-refractivity contribution in [2.45, 2.75) is 33.2 Å². The van der Waals surface area contributed by atoms with E-state index in [-0.39, 0.29) is 11.9 Å². The van der Waals surface area contributed by atoms with Gasteiger partial charge in [-0.2, -0.15) is 4.98 Å². The molecule has 8 nitrogen and oxygen atoms in total. The van der Waals surface area contributed by atoms with Crippen molar-refractivity contribution in [2.24, 2.45) is 0 Å². The van der Waals surface area contributed by atoms with Crippen LogP contribution in [0.25, 0.3) is 0 Å². The second-order valence-corrected chi connectivity index (χ2v) is 5.30. The summed E-state index contributed by atoms with van der Waals surface area (Å²) in [4.78, 5) is 26.2. The fourth-order valence-electron chi connectivity index (χ4n) is 1.80. The van der Waals surface area contributed by atoms with Gasteiger partial charge in [0, 0.05) is 45.4 Å². The number of aromatic nitrogens is 4. The molecule has 0 saturated carbocycles. The van der Waals surface area contributed by atoms with Gasteiger partial charge in [0.15, 0.2) is 5.82 Å². The second kappa shape index (κ2) is 6.97. The van der Waals surface area contributed by atoms with E-state index in [1.165, 1.54) is 12.4 Å². The lowest BCUT2D eigenvalue weighted by Crippen LogP contribution is -2.29. The molecule has 0 unspecified atom stereocenters. The van der Waals surface area contributed by atoms with Gasteiger partial charge in [0.2, 0.25) is 11.8 Å². The fourth-order valence-corrected chi connectivity index (χ4v) is 1.80. The van der Waals surface area contributed by atoms with Crippen molar-refractivity contribution in [3.8, 4) is 0 Å². The highest BCUT2D eigenvalue weighted by molar-refractivity contribution is 5.93. The van der Waals surface area contributed by atoms with E-state index in [9.17, 15) is 4.79 Å². The Hall–Kier alpha value is -2.51. The third-order valence-corrected chi connectivity index (χ3v) is 2.90. The lowest BCUT2D eigenvalue weighted by Gasteiger charge is -2.16. The van der Waals surface area contributed by atoms with Crippen LogP contribution in [-0.4, -0.2) is 50.5 Å². The highest BCUT2D eigenvalue weighted by Crippen LogP contribution is 2.06.